The number of carbonyl (C=O) groups is 1. The Morgan fingerprint density at radius 1 is 1.16 bits per heavy atom. The molecule has 1 amide bonds. The third kappa shape index (κ3) is 5.14. The Balaban J connectivity index is 1.42. The molecule has 0 aliphatic carbocycles. The molecule has 1 unspecified atom stereocenters. The number of nitrogens with zero attached hydrogens (tertiary/aromatic N) is 2. The van der Waals surface area contributed by atoms with Gasteiger partial charge in [-0.05, 0) is 70.5 Å². The Hall–Kier alpha value is -2.84. The van der Waals surface area contributed by atoms with E-state index in [0.29, 0.717) is 22.3 Å². The number of ether oxygens (including phenoxy) is 1. The number of amides is 1. The summed E-state index contributed by atoms with van der Waals surface area (Å²) < 4.78 is 24.9. The molecule has 6 nitrogen and oxygen atoms in total. The van der Waals surface area contributed by atoms with E-state index in [2.05, 4.69) is 31.0 Å². The SMILES string of the molecule is COc1ccc(Br)c(C(=O)NCC(c2ccco2)N2CCN(c3ccc(F)cc3)CC2)c1. The summed E-state index contributed by atoms with van der Waals surface area (Å²) in [6, 6.07) is 15.6. The van der Waals surface area contributed by atoms with Crippen LogP contribution >= 0.6 is 15.9 Å². The zero-order valence-corrected chi connectivity index (χ0v) is 19.3. The number of furan rings is 1. The first-order valence-corrected chi connectivity index (χ1v) is 11.2. The van der Waals surface area contributed by atoms with Gasteiger partial charge in [0.2, 0.25) is 0 Å². The van der Waals surface area contributed by atoms with Crippen LogP contribution in [-0.4, -0.2) is 50.6 Å². The third-order valence-electron chi connectivity index (χ3n) is 5.69. The Morgan fingerprint density at radius 3 is 2.56 bits per heavy atom. The first-order chi connectivity index (χ1) is 15.5. The third-order valence-corrected chi connectivity index (χ3v) is 6.38. The normalized spacial score (nSPS) is 15.4. The molecule has 0 saturated carbocycles. The van der Waals surface area contributed by atoms with Crippen molar-refractivity contribution in [2.45, 2.75) is 6.04 Å². The van der Waals surface area contributed by atoms with Crippen LogP contribution in [0.1, 0.15) is 22.2 Å². The van der Waals surface area contributed by atoms with E-state index in [4.69, 9.17) is 9.15 Å². The molecule has 0 spiro atoms. The first-order valence-electron chi connectivity index (χ1n) is 10.4. The molecule has 1 atom stereocenters. The fourth-order valence-corrected chi connectivity index (χ4v) is 4.35. The van der Waals surface area contributed by atoms with Gasteiger partial charge in [-0.15, -0.1) is 0 Å². The number of carbonyl (C=O) groups excluding carboxylic acids is 1. The van der Waals surface area contributed by atoms with Gasteiger partial charge in [0.05, 0.1) is 25.0 Å². The molecule has 8 heteroatoms. The van der Waals surface area contributed by atoms with Gasteiger partial charge in [0.15, 0.2) is 0 Å². The lowest BCUT2D eigenvalue weighted by atomic mass is 10.1. The minimum absolute atomic E-state index is 0.0892. The molecule has 1 aliphatic rings. The van der Waals surface area contributed by atoms with Crippen molar-refractivity contribution in [3.8, 4) is 5.75 Å². The number of anilines is 1. The maximum Gasteiger partial charge on any atom is 0.252 e. The highest BCUT2D eigenvalue weighted by molar-refractivity contribution is 9.10. The van der Waals surface area contributed by atoms with Crippen molar-refractivity contribution in [3.63, 3.8) is 0 Å². The molecule has 32 heavy (non-hydrogen) atoms. The van der Waals surface area contributed by atoms with E-state index in [9.17, 15) is 9.18 Å². The monoisotopic (exact) mass is 501 g/mol. The molecule has 1 saturated heterocycles. The van der Waals surface area contributed by atoms with Gasteiger partial charge in [0.25, 0.3) is 5.91 Å². The Kier molecular flexibility index (Phi) is 7.12. The van der Waals surface area contributed by atoms with Crippen LogP contribution in [0.15, 0.2) is 69.8 Å². The Labute approximate surface area is 195 Å². The lowest BCUT2D eigenvalue weighted by Gasteiger charge is -2.39. The quantitative estimate of drug-likeness (QED) is 0.517. The summed E-state index contributed by atoms with van der Waals surface area (Å²) in [6.45, 7) is 3.60. The van der Waals surface area contributed by atoms with Gasteiger partial charge in [-0.3, -0.25) is 9.69 Å². The largest absolute Gasteiger partial charge is 0.497 e. The topological polar surface area (TPSA) is 58.0 Å². The molecule has 168 valence electrons. The zero-order chi connectivity index (χ0) is 22.5. The fraction of sp³-hybridized carbons (Fsp3) is 0.292. The van der Waals surface area contributed by atoms with Crippen molar-refractivity contribution in [3.05, 3.63) is 82.5 Å². The summed E-state index contributed by atoms with van der Waals surface area (Å²) in [5.41, 5.74) is 1.53. The molecule has 2 aromatic carbocycles. The van der Waals surface area contributed by atoms with E-state index in [0.717, 1.165) is 37.6 Å². The van der Waals surface area contributed by atoms with Crippen molar-refractivity contribution in [1.82, 2.24) is 10.2 Å². The second kappa shape index (κ2) is 10.2. The minimum Gasteiger partial charge on any atom is -0.497 e. The molecule has 1 aromatic heterocycles. The van der Waals surface area contributed by atoms with Crippen LogP contribution in [0.2, 0.25) is 0 Å². The van der Waals surface area contributed by atoms with E-state index < -0.39 is 0 Å². The lowest BCUT2D eigenvalue weighted by Crippen LogP contribution is -2.49. The van der Waals surface area contributed by atoms with Gasteiger partial charge in [-0.2, -0.15) is 0 Å². The van der Waals surface area contributed by atoms with Gasteiger partial charge in [-0.1, -0.05) is 0 Å². The van der Waals surface area contributed by atoms with E-state index in [1.807, 2.05) is 12.1 Å². The summed E-state index contributed by atoms with van der Waals surface area (Å²) >= 11 is 3.44. The van der Waals surface area contributed by atoms with Gasteiger partial charge >= 0.3 is 0 Å². The van der Waals surface area contributed by atoms with Crippen LogP contribution in [-0.2, 0) is 0 Å². The van der Waals surface area contributed by atoms with E-state index in [1.165, 1.54) is 12.1 Å². The summed E-state index contributed by atoms with van der Waals surface area (Å²) in [6.07, 6.45) is 1.65. The van der Waals surface area contributed by atoms with Crippen molar-refractivity contribution < 1.29 is 18.3 Å². The summed E-state index contributed by atoms with van der Waals surface area (Å²) in [5.74, 6) is 1.02. The van der Waals surface area contributed by atoms with E-state index in [1.54, 1.807) is 43.7 Å². The highest BCUT2D eigenvalue weighted by atomic mass is 79.9. The number of benzene rings is 2. The van der Waals surface area contributed by atoms with E-state index >= 15 is 0 Å². The maximum atomic E-state index is 13.2. The van der Waals surface area contributed by atoms with Crippen molar-refractivity contribution in [1.29, 1.82) is 0 Å². The molecular formula is C24H25BrFN3O3. The fourth-order valence-electron chi connectivity index (χ4n) is 3.92. The average Bonchev–Trinajstić information content (AvgIpc) is 3.35. The molecule has 3 aromatic rings. The first kappa shape index (κ1) is 22.4. The highest BCUT2D eigenvalue weighted by Gasteiger charge is 2.28. The molecule has 2 heterocycles. The van der Waals surface area contributed by atoms with Crippen LogP contribution in [0.3, 0.4) is 0 Å². The van der Waals surface area contributed by atoms with Gasteiger partial charge < -0.3 is 19.4 Å². The number of methoxy groups -OCH3 is 1. The standard InChI is InChI=1S/C24H25BrFN3O3/c1-31-19-8-9-21(25)20(15-19)24(30)27-16-22(23-3-2-14-32-23)29-12-10-28(11-13-29)18-6-4-17(26)5-7-18/h2-9,14-15,22H,10-13,16H2,1H3,(H,27,30). The zero-order valence-electron chi connectivity index (χ0n) is 17.8. The predicted molar refractivity (Wildman–Crippen MR) is 125 cm³/mol. The number of halogens is 2. The van der Waals surface area contributed by atoms with Crippen LogP contribution in [0, 0.1) is 5.82 Å². The molecular weight excluding hydrogens is 477 g/mol. The molecule has 1 N–H and O–H groups in total. The van der Waals surface area contributed by atoms with Crippen LogP contribution in [0.25, 0.3) is 0 Å². The minimum atomic E-state index is -0.233. The van der Waals surface area contributed by atoms with Gasteiger partial charge in [-0.25, -0.2) is 4.39 Å². The Morgan fingerprint density at radius 2 is 1.91 bits per heavy atom. The number of hydrogen-bond acceptors (Lipinski definition) is 5. The second-order valence-electron chi connectivity index (χ2n) is 7.59. The number of piperazine rings is 1. The van der Waals surface area contributed by atoms with Crippen molar-refractivity contribution in [2.24, 2.45) is 0 Å². The number of nitrogens with one attached hydrogen (secondary N) is 1. The average molecular weight is 502 g/mol. The lowest BCUT2D eigenvalue weighted by molar-refractivity contribution is 0.0921. The smallest absolute Gasteiger partial charge is 0.252 e. The maximum absolute atomic E-state index is 13.2. The second-order valence-corrected chi connectivity index (χ2v) is 8.44. The predicted octanol–water partition coefficient (Wildman–Crippen LogP) is 4.48. The molecule has 1 fully saturated rings. The van der Waals surface area contributed by atoms with E-state index in [-0.39, 0.29) is 17.8 Å². The van der Waals surface area contributed by atoms with Crippen LogP contribution in [0.4, 0.5) is 10.1 Å². The Bertz CT molecular complexity index is 1040. The van der Waals surface area contributed by atoms with Crippen molar-refractivity contribution >= 4 is 27.5 Å². The van der Waals surface area contributed by atoms with Crippen LogP contribution in [0.5, 0.6) is 5.75 Å². The highest BCUT2D eigenvalue weighted by Crippen LogP contribution is 2.26. The molecule has 0 bridgehead atoms. The van der Waals surface area contributed by atoms with Gasteiger partial charge in [0, 0.05) is 42.9 Å². The summed E-state index contributed by atoms with van der Waals surface area (Å²) in [5, 5.41) is 3.04. The number of rotatable bonds is 7. The molecule has 4 rings (SSSR count). The summed E-state index contributed by atoms with van der Waals surface area (Å²) in [7, 11) is 1.57. The van der Waals surface area contributed by atoms with Gasteiger partial charge in [0.1, 0.15) is 17.3 Å². The van der Waals surface area contributed by atoms with Crippen molar-refractivity contribution in [2.75, 3.05) is 44.7 Å². The summed E-state index contributed by atoms with van der Waals surface area (Å²) in [4.78, 5) is 17.4. The number of hydrogen-bond donors (Lipinski definition) is 1. The molecule has 1 aliphatic heterocycles. The molecule has 0 radical (unpaired) electrons. The van der Waals surface area contributed by atoms with Crippen LogP contribution < -0.4 is 15.0 Å².